The van der Waals surface area contributed by atoms with E-state index >= 15 is 0 Å². The topological polar surface area (TPSA) is 111 Å². The molecule has 1 amide bonds. The molecule has 0 fully saturated rings. The van der Waals surface area contributed by atoms with Gasteiger partial charge < -0.3 is 24.2 Å². The first-order valence-electron chi connectivity index (χ1n) is 9.36. The summed E-state index contributed by atoms with van der Waals surface area (Å²) in [5.74, 6) is 0.687. The lowest BCUT2D eigenvalue weighted by atomic mass is 9.84. The quantitative estimate of drug-likeness (QED) is 0.671. The Hall–Kier alpha value is -3.81. The Bertz CT molecular complexity index is 1160. The number of pyridine rings is 1. The summed E-state index contributed by atoms with van der Waals surface area (Å²) in [7, 11) is 2.97. The highest BCUT2D eigenvalue weighted by atomic mass is 16.5. The van der Waals surface area contributed by atoms with Crippen LogP contribution < -0.4 is 20.3 Å². The second-order valence-electron chi connectivity index (χ2n) is 6.97. The van der Waals surface area contributed by atoms with Crippen LogP contribution in [0.1, 0.15) is 44.5 Å². The van der Waals surface area contributed by atoms with Gasteiger partial charge in [-0.3, -0.25) is 14.4 Å². The summed E-state index contributed by atoms with van der Waals surface area (Å²) < 4.78 is 15.8. The van der Waals surface area contributed by atoms with E-state index < -0.39 is 11.5 Å². The van der Waals surface area contributed by atoms with Crippen molar-refractivity contribution in [1.82, 2.24) is 4.98 Å². The van der Waals surface area contributed by atoms with Crippen molar-refractivity contribution >= 4 is 17.4 Å². The number of anilines is 1. The van der Waals surface area contributed by atoms with Gasteiger partial charge in [-0.15, -0.1) is 0 Å². The molecule has 8 nitrogen and oxygen atoms in total. The lowest BCUT2D eigenvalue weighted by molar-refractivity contribution is 0.0959. The minimum absolute atomic E-state index is 0.142. The number of furan rings is 1. The highest BCUT2D eigenvalue weighted by Gasteiger charge is 2.30. The monoisotopic (exact) mass is 408 g/mol. The number of carbonyl (C=O) groups excluding carboxylic acids is 2. The summed E-state index contributed by atoms with van der Waals surface area (Å²) in [5, 5.41) is 2.66. The van der Waals surface area contributed by atoms with Gasteiger partial charge in [-0.2, -0.15) is 0 Å². The van der Waals surface area contributed by atoms with Crippen molar-refractivity contribution in [3.8, 4) is 11.5 Å². The molecule has 1 aromatic carbocycles. The first kappa shape index (κ1) is 19.5. The zero-order chi connectivity index (χ0) is 21.3. The number of benzene rings is 1. The summed E-state index contributed by atoms with van der Waals surface area (Å²) >= 11 is 0. The van der Waals surface area contributed by atoms with Crippen molar-refractivity contribution in [2.75, 3.05) is 19.5 Å². The van der Waals surface area contributed by atoms with Crippen LogP contribution in [0.3, 0.4) is 0 Å². The van der Waals surface area contributed by atoms with Crippen LogP contribution in [0.5, 0.6) is 11.5 Å². The van der Waals surface area contributed by atoms with Crippen LogP contribution >= 0.6 is 0 Å². The second-order valence-corrected chi connectivity index (χ2v) is 6.97. The van der Waals surface area contributed by atoms with E-state index in [0.29, 0.717) is 40.6 Å². The van der Waals surface area contributed by atoms with Gasteiger partial charge in [0.1, 0.15) is 22.8 Å². The first-order valence-corrected chi connectivity index (χ1v) is 9.36. The molecule has 4 rings (SSSR count). The zero-order valence-corrected chi connectivity index (χ0v) is 16.5. The van der Waals surface area contributed by atoms with Crippen molar-refractivity contribution in [3.63, 3.8) is 0 Å². The number of ketones is 1. The molecule has 0 aliphatic heterocycles. The molecule has 8 heteroatoms. The largest absolute Gasteiger partial charge is 0.497 e. The fourth-order valence-electron chi connectivity index (χ4n) is 3.63. The average molecular weight is 408 g/mol. The third kappa shape index (κ3) is 3.59. The number of hydrogen-bond donors (Lipinski definition) is 2. The lowest BCUT2D eigenvalue weighted by Crippen LogP contribution is -2.29. The summed E-state index contributed by atoms with van der Waals surface area (Å²) in [6, 6.07) is 9.85. The molecule has 30 heavy (non-hydrogen) atoms. The number of aromatic amines is 1. The Balaban J connectivity index is 1.64. The van der Waals surface area contributed by atoms with Crippen molar-refractivity contribution in [3.05, 3.63) is 75.6 Å². The third-order valence-electron chi connectivity index (χ3n) is 5.15. The number of ether oxygens (including phenoxy) is 2. The zero-order valence-electron chi connectivity index (χ0n) is 16.5. The highest BCUT2D eigenvalue weighted by Crippen LogP contribution is 2.32. The number of amides is 1. The van der Waals surface area contributed by atoms with Gasteiger partial charge in [0.2, 0.25) is 0 Å². The Morgan fingerprint density at radius 2 is 1.97 bits per heavy atom. The minimum atomic E-state index is -0.647. The van der Waals surface area contributed by atoms with E-state index in [1.165, 1.54) is 20.3 Å². The molecular formula is C22H20N2O6. The predicted octanol–water partition coefficient (Wildman–Crippen LogP) is 3.15. The molecule has 0 saturated heterocycles. The SMILES string of the molecule is COc1ccc(OC)c(NC(=O)c2cc3c([nH]c2=O)C[C@H](c2ccco2)CC3=O)c1. The van der Waals surface area contributed by atoms with Crippen LogP contribution in [0.4, 0.5) is 5.69 Å². The van der Waals surface area contributed by atoms with Gasteiger partial charge in [0.15, 0.2) is 5.78 Å². The molecule has 0 saturated carbocycles. The molecule has 0 unspecified atom stereocenters. The van der Waals surface area contributed by atoms with E-state index in [1.807, 2.05) is 6.07 Å². The second kappa shape index (κ2) is 7.90. The highest BCUT2D eigenvalue weighted by molar-refractivity contribution is 6.07. The summed E-state index contributed by atoms with van der Waals surface area (Å²) in [6.07, 6.45) is 2.26. The Kier molecular flexibility index (Phi) is 5.14. The van der Waals surface area contributed by atoms with E-state index in [1.54, 1.807) is 30.5 Å². The van der Waals surface area contributed by atoms with Crippen LogP contribution in [0.15, 0.2) is 51.9 Å². The summed E-state index contributed by atoms with van der Waals surface area (Å²) in [4.78, 5) is 40.8. The molecule has 0 radical (unpaired) electrons. The molecule has 2 heterocycles. The fraction of sp³-hybridized carbons (Fsp3) is 0.227. The van der Waals surface area contributed by atoms with Crippen LogP contribution in [0, 0.1) is 0 Å². The Labute approximate surface area is 171 Å². The molecule has 0 spiro atoms. The van der Waals surface area contributed by atoms with Gasteiger partial charge in [0.05, 0.1) is 26.2 Å². The normalized spacial score (nSPS) is 15.4. The van der Waals surface area contributed by atoms with Gasteiger partial charge >= 0.3 is 0 Å². The molecule has 2 N–H and O–H groups in total. The lowest BCUT2D eigenvalue weighted by Gasteiger charge is -2.22. The van der Waals surface area contributed by atoms with Crippen LogP contribution in [0.25, 0.3) is 0 Å². The number of nitrogens with one attached hydrogen (secondary N) is 2. The van der Waals surface area contributed by atoms with E-state index in [4.69, 9.17) is 13.9 Å². The molecule has 154 valence electrons. The third-order valence-corrected chi connectivity index (χ3v) is 5.15. The minimum Gasteiger partial charge on any atom is -0.497 e. The number of carbonyl (C=O) groups is 2. The molecule has 1 aliphatic rings. The number of fused-ring (bicyclic) bond motifs is 1. The molecule has 1 atom stereocenters. The average Bonchev–Trinajstić information content (AvgIpc) is 3.28. The van der Waals surface area contributed by atoms with Crippen molar-refractivity contribution in [2.24, 2.45) is 0 Å². The van der Waals surface area contributed by atoms with Crippen molar-refractivity contribution in [2.45, 2.75) is 18.8 Å². The van der Waals surface area contributed by atoms with Crippen LogP contribution in [-0.2, 0) is 6.42 Å². The molecule has 2 aromatic heterocycles. The Morgan fingerprint density at radius 3 is 2.67 bits per heavy atom. The summed E-state index contributed by atoms with van der Waals surface area (Å²) in [6.45, 7) is 0. The maximum absolute atomic E-state index is 12.8. The fourth-order valence-corrected chi connectivity index (χ4v) is 3.63. The number of rotatable bonds is 5. The van der Waals surface area contributed by atoms with E-state index in [-0.39, 0.29) is 23.7 Å². The van der Waals surface area contributed by atoms with E-state index in [9.17, 15) is 14.4 Å². The van der Waals surface area contributed by atoms with Crippen LogP contribution in [-0.4, -0.2) is 30.9 Å². The first-order chi connectivity index (χ1) is 14.5. The Morgan fingerprint density at radius 1 is 1.13 bits per heavy atom. The van der Waals surface area contributed by atoms with Crippen molar-refractivity contribution < 1.29 is 23.5 Å². The van der Waals surface area contributed by atoms with E-state index in [0.717, 1.165) is 0 Å². The summed E-state index contributed by atoms with van der Waals surface area (Å²) in [5.41, 5.74) is 0.487. The maximum Gasteiger partial charge on any atom is 0.261 e. The van der Waals surface area contributed by atoms with Gasteiger partial charge in [-0.25, -0.2) is 0 Å². The van der Waals surface area contributed by atoms with Gasteiger partial charge in [-0.1, -0.05) is 0 Å². The molecule has 0 bridgehead atoms. The molecule has 1 aliphatic carbocycles. The van der Waals surface area contributed by atoms with E-state index in [2.05, 4.69) is 10.3 Å². The smallest absolute Gasteiger partial charge is 0.261 e. The van der Waals surface area contributed by atoms with Gasteiger partial charge in [-0.05, 0) is 36.8 Å². The maximum atomic E-state index is 12.8. The molecular weight excluding hydrogens is 388 g/mol. The van der Waals surface area contributed by atoms with Gasteiger partial charge in [0.25, 0.3) is 11.5 Å². The molecule has 3 aromatic rings. The number of H-pyrrole nitrogens is 1. The number of Topliss-reactive ketones (excluding diaryl/α,β-unsaturated/α-hetero) is 1. The number of methoxy groups -OCH3 is 2. The van der Waals surface area contributed by atoms with Gasteiger partial charge in [0, 0.05) is 29.7 Å². The number of hydrogen-bond acceptors (Lipinski definition) is 6. The standard InChI is InChI=1S/C22H20N2O6/c1-28-13-5-6-20(29-2)17(10-13)24-22(27)15-11-14-16(23-21(15)26)8-12(9-18(14)25)19-4-3-7-30-19/h3-7,10-12H,8-9H2,1-2H3,(H,23,26)(H,24,27)/t12-/m0/s1. The predicted molar refractivity (Wildman–Crippen MR) is 109 cm³/mol. The van der Waals surface area contributed by atoms with Crippen molar-refractivity contribution in [1.29, 1.82) is 0 Å². The van der Waals surface area contributed by atoms with Crippen LogP contribution in [0.2, 0.25) is 0 Å². The number of aromatic nitrogens is 1.